The first-order valence-electron chi connectivity index (χ1n) is 3.01. The van der Waals surface area contributed by atoms with Crippen LogP contribution in [-0.4, -0.2) is 19.4 Å². The van der Waals surface area contributed by atoms with Crippen LogP contribution >= 0.6 is 0 Å². The number of halogens is 3. The maximum Gasteiger partial charge on any atom is 0.396 e. The highest BCUT2D eigenvalue weighted by atomic mass is 19.4. The molecule has 0 spiro atoms. The van der Waals surface area contributed by atoms with E-state index in [9.17, 15) is 13.2 Å². The molecule has 60 valence electrons. The van der Waals surface area contributed by atoms with E-state index in [4.69, 9.17) is 0 Å². The molecule has 4 heteroatoms. The van der Waals surface area contributed by atoms with Crippen molar-refractivity contribution in [2.24, 2.45) is 10.9 Å². The predicted molar refractivity (Wildman–Crippen MR) is 34.3 cm³/mol. The van der Waals surface area contributed by atoms with Gasteiger partial charge in [0, 0.05) is 13.3 Å². The maximum absolute atomic E-state index is 11.8. The molecule has 0 aliphatic carbocycles. The summed E-state index contributed by atoms with van der Waals surface area (Å²) >= 11 is 0. The SMILES string of the molecule is CCC(C=NC)C(F)(F)F. The molecule has 0 aromatic carbocycles. The standard InChI is InChI=1S/C6H10F3N/c1-3-5(4-10-2)6(7,8)9/h4-5H,3H2,1-2H3. The summed E-state index contributed by atoms with van der Waals surface area (Å²) in [4.78, 5) is 3.33. The van der Waals surface area contributed by atoms with Crippen LogP contribution in [0.1, 0.15) is 13.3 Å². The second kappa shape index (κ2) is 3.58. The number of alkyl halides is 3. The summed E-state index contributed by atoms with van der Waals surface area (Å²) < 4.78 is 35.4. The van der Waals surface area contributed by atoms with Gasteiger partial charge in [-0.05, 0) is 6.42 Å². The molecule has 0 aromatic rings. The third kappa shape index (κ3) is 2.85. The Morgan fingerprint density at radius 1 is 1.50 bits per heavy atom. The Morgan fingerprint density at radius 3 is 2.10 bits per heavy atom. The lowest BCUT2D eigenvalue weighted by Crippen LogP contribution is -2.23. The molecule has 0 saturated carbocycles. The highest BCUT2D eigenvalue weighted by Gasteiger charge is 2.36. The summed E-state index contributed by atoms with van der Waals surface area (Å²) in [6.07, 6.45) is -3.14. The van der Waals surface area contributed by atoms with Gasteiger partial charge in [0.1, 0.15) is 0 Å². The van der Waals surface area contributed by atoms with Gasteiger partial charge in [0.15, 0.2) is 0 Å². The molecule has 0 heterocycles. The van der Waals surface area contributed by atoms with Gasteiger partial charge in [0.25, 0.3) is 0 Å². The van der Waals surface area contributed by atoms with Crippen LogP contribution in [0.3, 0.4) is 0 Å². The van der Waals surface area contributed by atoms with E-state index >= 15 is 0 Å². The van der Waals surface area contributed by atoms with Crippen molar-refractivity contribution < 1.29 is 13.2 Å². The van der Waals surface area contributed by atoms with Crippen LogP contribution in [0.5, 0.6) is 0 Å². The highest BCUT2D eigenvalue weighted by Crippen LogP contribution is 2.26. The van der Waals surface area contributed by atoms with Crippen LogP contribution < -0.4 is 0 Å². The molecule has 0 radical (unpaired) electrons. The fourth-order valence-corrected chi connectivity index (χ4v) is 0.601. The zero-order valence-corrected chi connectivity index (χ0v) is 5.94. The van der Waals surface area contributed by atoms with Crippen molar-refractivity contribution in [3.05, 3.63) is 0 Å². The molecule has 1 atom stereocenters. The molecule has 10 heavy (non-hydrogen) atoms. The lowest BCUT2D eigenvalue weighted by Gasteiger charge is -2.12. The monoisotopic (exact) mass is 153 g/mol. The first-order chi connectivity index (χ1) is 4.52. The maximum atomic E-state index is 11.8. The van der Waals surface area contributed by atoms with Crippen LogP contribution in [0.15, 0.2) is 4.99 Å². The van der Waals surface area contributed by atoms with E-state index in [-0.39, 0.29) is 6.42 Å². The van der Waals surface area contributed by atoms with E-state index in [0.29, 0.717) is 0 Å². The average molecular weight is 153 g/mol. The lowest BCUT2D eigenvalue weighted by molar-refractivity contribution is -0.154. The van der Waals surface area contributed by atoms with E-state index in [1.54, 1.807) is 0 Å². The van der Waals surface area contributed by atoms with Gasteiger partial charge in [0.2, 0.25) is 0 Å². The molecule has 0 fully saturated rings. The summed E-state index contributed by atoms with van der Waals surface area (Å²) in [6.45, 7) is 1.49. The topological polar surface area (TPSA) is 12.4 Å². The van der Waals surface area contributed by atoms with Gasteiger partial charge in [-0.1, -0.05) is 6.92 Å². The van der Waals surface area contributed by atoms with Crippen molar-refractivity contribution in [1.82, 2.24) is 0 Å². The van der Waals surface area contributed by atoms with Crippen molar-refractivity contribution in [2.45, 2.75) is 19.5 Å². The van der Waals surface area contributed by atoms with Crippen LogP contribution in [0.4, 0.5) is 13.2 Å². The Kier molecular flexibility index (Phi) is 3.39. The summed E-state index contributed by atoms with van der Waals surface area (Å²) in [5.74, 6) is -1.38. The number of aliphatic imine (C=N–C) groups is 1. The van der Waals surface area contributed by atoms with Gasteiger partial charge in [-0.25, -0.2) is 0 Å². The summed E-state index contributed by atoms with van der Waals surface area (Å²) in [5.41, 5.74) is 0. The third-order valence-electron chi connectivity index (χ3n) is 1.19. The summed E-state index contributed by atoms with van der Waals surface area (Å²) in [5, 5.41) is 0. The first kappa shape index (κ1) is 9.46. The van der Waals surface area contributed by atoms with E-state index in [2.05, 4.69) is 4.99 Å². The molecule has 0 bridgehead atoms. The number of nitrogens with zero attached hydrogens (tertiary/aromatic N) is 1. The van der Waals surface area contributed by atoms with Crippen molar-refractivity contribution in [3.63, 3.8) is 0 Å². The number of rotatable bonds is 2. The van der Waals surface area contributed by atoms with Gasteiger partial charge < -0.3 is 4.99 Å². The van der Waals surface area contributed by atoms with Gasteiger partial charge in [-0.3, -0.25) is 0 Å². The third-order valence-corrected chi connectivity index (χ3v) is 1.19. The summed E-state index contributed by atoms with van der Waals surface area (Å²) in [6, 6.07) is 0. The Labute approximate surface area is 58.0 Å². The van der Waals surface area contributed by atoms with E-state index in [1.807, 2.05) is 0 Å². The quantitative estimate of drug-likeness (QED) is 0.539. The smallest absolute Gasteiger partial charge is 0.300 e. The molecule has 0 aliphatic rings. The Balaban J connectivity index is 4.07. The molecule has 0 N–H and O–H groups in total. The van der Waals surface area contributed by atoms with Crippen LogP contribution in [0.25, 0.3) is 0 Å². The van der Waals surface area contributed by atoms with Crippen molar-refractivity contribution in [2.75, 3.05) is 7.05 Å². The van der Waals surface area contributed by atoms with Gasteiger partial charge >= 0.3 is 6.18 Å². The molecule has 0 aromatic heterocycles. The Morgan fingerprint density at radius 2 is 2.00 bits per heavy atom. The predicted octanol–water partition coefficient (Wildman–Crippen LogP) is 2.28. The molecule has 1 unspecified atom stereocenters. The zero-order chi connectivity index (χ0) is 8.20. The Bertz CT molecular complexity index is 117. The van der Waals surface area contributed by atoms with E-state index in [1.165, 1.54) is 14.0 Å². The Hall–Kier alpha value is -0.540. The number of hydrogen-bond acceptors (Lipinski definition) is 1. The first-order valence-corrected chi connectivity index (χ1v) is 3.01. The minimum atomic E-state index is -4.13. The van der Waals surface area contributed by atoms with Crippen LogP contribution in [0.2, 0.25) is 0 Å². The normalized spacial score (nSPS) is 16.1. The number of hydrogen-bond donors (Lipinski definition) is 0. The van der Waals surface area contributed by atoms with Gasteiger partial charge in [-0.15, -0.1) is 0 Å². The van der Waals surface area contributed by atoms with Crippen molar-refractivity contribution in [1.29, 1.82) is 0 Å². The molecular weight excluding hydrogens is 143 g/mol. The average Bonchev–Trinajstić information content (AvgIpc) is 1.80. The minimum absolute atomic E-state index is 0.0564. The molecule has 1 nitrogen and oxygen atoms in total. The largest absolute Gasteiger partial charge is 0.396 e. The molecule has 0 amide bonds. The highest BCUT2D eigenvalue weighted by molar-refractivity contribution is 5.61. The molecule has 0 saturated heterocycles. The summed E-state index contributed by atoms with van der Waals surface area (Å²) in [7, 11) is 1.34. The fraction of sp³-hybridized carbons (Fsp3) is 0.833. The van der Waals surface area contributed by atoms with Gasteiger partial charge in [0.05, 0.1) is 5.92 Å². The van der Waals surface area contributed by atoms with Crippen LogP contribution in [0, 0.1) is 5.92 Å². The lowest BCUT2D eigenvalue weighted by atomic mass is 10.1. The minimum Gasteiger partial charge on any atom is -0.300 e. The van der Waals surface area contributed by atoms with E-state index in [0.717, 1.165) is 6.21 Å². The van der Waals surface area contributed by atoms with Crippen LogP contribution in [-0.2, 0) is 0 Å². The zero-order valence-electron chi connectivity index (χ0n) is 5.94. The molecular formula is C6H10F3N. The molecule has 0 aliphatic heterocycles. The van der Waals surface area contributed by atoms with Crippen molar-refractivity contribution in [3.8, 4) is 0 Å². The fourth-order valence-electron chi connectivity index (χ4n) is 0.601. The van der Waals surface area contributed by atoms with Crippen molar-refractivity contribution >= 4 is 6.21 Å². The van der Waals surface area contributed by atoms with Gasteiger partial charge in [-0.2, -0.15) is 13.2 Å². The van der Waals surface area contributed by atoms with E-state index < -0.39 is 12.1 Å². The second-order valence-electron chi connectivity index (χ2n) is 1.96. The molecule has 0 rings (SSSR count). The second-order valence-corrected chi connectivity index (χ2v) is 1.96.